The van der Waals surface area contributed by atoms with Crippen LogP contribution in [0.3, 0.4) is 0 Å². The van der Waals surface area contributed by atoms with E-state index in [4.69, 9.17) is 16.9 Å². The molecule has 2 heteroatoms. The minimum atomic E-state index is -0.196. The zero-order valence-corrected chi connectivity index (χ0v) is 10.6. The van der Waals surface area contributed by atoms with Gasteiger partial charge in [0, 0.05) is 5.02 Å². The SMILES string of the molecule is N#CC1(c2ccc(-c3ccc(Cl)cc3)cc2)CC1. The molecule has 1 aliphatic carbocycles. The van der Waals surface area contributed by atoms with Gasteiger partial charge < -0.3 is 0 Å². The van der Waals surface area contributed by atoms with E-state index in [1.807, 2.05) is 24.3 Å². The number of nitriles is 1. The number of halogens is 1. The Hall–Kier alpha value is -1.78. The molecule has 0 aliphatic heterocycles. The molecule has 1 saturated carbocycles. The average Bonchev–Trinajstić information content (AvgIpc) is 3.21. The second-order valence-corrected chi connectivity index (χ2v) is 5.21. The lowest BCUT2D eigenvalue weighted by Crippen LogP contribution is -2.01. The Morgan fingerprint density at radius 1 is 0.889 bits per heavy atom. The lowest BCUT2D eigenvalue weighted by atomic mass is 9.95. The van der Waals surface area contributed by atoms with E-state index in [2.05, 4.69) is 30.3 Å². The molecular formula is C16H12ClN. The van der Waals surface area contributed by atoms with Crippen molar-refractivity contribution in [2.75, 3.05) is 0 Å². The first-order valence-corrected chi connectivity index (χ1v) is 6.39. The van der Waals surface area contributed by atoms with Gasteiger partial charge >= 0.3 is 0 Å². The minimum Gasteiger partial charge on any atom is -0.197 e. The summed E-state index contributed by atoms with van der Waals surface area (Å²) in [5.74, 6) is 0. The van der Waals surface area contributed by atoms with E-state index >= 15 is 0 Å². The van der Waals surface area contributed by atoms with Crippen LogP contribution in [-0.4, -0.2) is 0 Å². The molecule has 1 nitrogen and oxygen atoms in total. The molecule has 0 bridgehead atoms. The maximum Gasteiger partial charge on any atom is 0.0823 e. The molecule has 1 fully saturated rings. The maximum absolute atomic E-state index is 9.16. The van der Waals surface area contributed by atoms with Crippen LogP contribution in [0.25, 0.3) is 11.1 Å². The largest absolute Gasteiger partial charge is 0.197 e. The molecule has 0 radical (unpaired) electrons. The van der Waals surface area contributed by atoms with Crippen molar-refractivity contribution in [3.05, 3.63) is 59.1 Å². The molecule has 0 heterocycles. The van der Waals surface area contributed by atoms with Crippen LogP contribution in [0.5, 0.6) is 0 Å². The third kappa shape index (κ3) is 1.89. The Morgan fingerprint density at radius 3 is 1.83 bits per heavy atom. The molecule has 0 unspecified atom stereocenters. The second-order valence-electron chi connectivity index (χ2n) is 4.78. The summed E-state index contributed by atoms with van der Waals surface area (Å²) in [6.07, 6.45) is 1.98. The molecule has 0 atom stereocenters. The van der Waals surface area contributed by atoms with E-state index in [0.717, 1.165) is 34.6 Å². The van der Waals surface area contributed by atoms with Crippen LogP contribution >= 0.6 is 11.6 Å². The predicted molar refractivity (Wildman–Crippen MR) is 73.4 cm³/mol. The zero-order chi connectivity index (χ0) is 12.6. The number of hydrogen-bond donors (Lipinski definition) is 0. The molecule has 18 heavy (non-hydrogen) atoms. The Kier molecular flexibility index (Phi) is 2.61. The van der Waals surface area contributed by atoms with Crippen molar-refractivity contribution < 1.29 is 0 Å². The topological polar surface area (TPSA) is 23.8 Å². The van der Waals surface area contributed by atoms with Crippen molar-refractivity contribution >= 4 is 11.6 Å². The van der Waals surface area contributed by atoms with Crippen LogP contribution < -0.4 is 0 Å². The lowest BCUT2D eigenvalue weighted by Gasteiger charge is -2.07. The molecular weight excluding hydrogens is 242 g/mol. The maximum atomic E-state index is 9.16. The van der Waals surface area contributed by atoms with Gasteiger partial charge in [-0.1, -0.05) is 48.0 Å². The Morgan fingerprint density at radius 2 is 1.39 bits per heavy atom. The van der Waals surface area contributed by atoms with Crippen molar-refractivity contribution in [1.29, 1.82) is 5.26 Å². The molecule has 1 aliphatic rings. The molecule has 0 spiro atoms. The van der Waals surface area contributed by atoms with Crippen molar-refractivity contribution in [2.24, 2.45) is 0 Å². The van der Waals surface area contributed by atoms with Crippen LogP contribution in [-0.2, 0) is 5.41 Å². The van der Waals surface area contributed by atoms with Gasteiger partial charge in [0.25, 0.3) is 0 Å². The highest BCUT2D eigenvalue weighted by atomic mass is 35.5. The highest BCUT2D eigenvalue weighted by molar-refractivity contribution is 6.30. The van der Waals surface area contributed by atoms with Gasteiger partial charge in [0.2, 0.25) is 0 Å². The second kappa shape index (κ2) is 4.15. The van der Waals surface area contributed by atoms with Gasteiger partial charge in [-0.15, -0.1) is 0 Å². The van der Waals surface area contributed by atoms with Crippen molar-refractivity contribution in [3.8, 4) is 17.2 Å². The van der Waals surface area contributed by atoms with Crippen LogP contribution in [0, 0.1) is 11.3 Å². The number of benzene rings is 2. The number of rotatable bonds is 2. The van der Waals surface area contributed by atoms with Crippen molar-refractivity contribution in [1.82, 2.24) is 0 Å². The molecule has 2 aromatic rings. The third-order valence-corrected chi connectivity index (χ3v) is 3.83. The summed E-state index contributed by atoms with van der Waals surface area (Å²) < 4.78 is 0. The Labute approximate surface area is 112 Å². The highest BCUT2D eigenvalue weighted by Gasteiger charge is 2.44. The lowest BCUT2D eigenvalue weighted by molar-refractivity contribution is 0.909. The summed E-state index contributed by atoms with van der Waals surface area (Å²) in [5.41, 5.74) is 3.25. The van der Waals surface area contributed by atoms with Gasteiger partial charge in [-0.3, -0.25) is 0 Å². The van der Waals surface area contributed by atoms with Gasteiger partial charge in [0.05, 0.1) is 11.5 Å². The smallest absolute Gasteiger partial charge is 0.0823 e. The quantitative estimate of drug-likeness (QED) is 0.770. The summed E-state index contributed by atoms with van der Waals surface area (Å²) in [4.78, 5) is 0. The third-order valence-electron chi connectivity index (χ3n) is 3.58. The van der Waals surface area contributed by atoms with E-state index < -0.39 is 0 Å². The average molecular weight is 254 g/mol. The molecule has 0 N–H and O–H groups in total. The van der Waals surface area contributed by atoms with Crippen LogP contribution in [0.1, 0.15) is 18.4 Å². The standard InChI is InChI=1S/C16H12ClN/c17-15-7-3-13(4-8-15)12-1-5-14(6-2-12)16(11-18)9-10-16/h1-8H,9-10H2. The summed E-state index contributed by atoms with van der Waals surface area (Å²) >= 11 is 5.88. The summed E-state index contributed by atoms with van der Waals surface area (Å²) in [7, 11) is 0. The van der Waals surface area contributed by atoms with E-state index in [-0.39, 0.29) is 5.41 Å². The fourth-order valence-electron chi connectivity index (χ4n) is 2.21. The first-order chi connectivity index (χ1) is 8.73. The van der Waals surface area contributed by atoms with Gasteiger partial charge in [-0.25, -0.2) is 0 Å². The van der Waals surface area contributed by atoms with Gasteiger partial charge in [0.1, 0.15) is 0 Å². The van der Waals surface area contributed by atoms with Crippen LogP contribution in [0.4, 0.5) is 0 Å². The fourth-order valence-corrected chi connectivity index (χ4v) is 2.34. The Bertz CT molecular complexity index is 601. The normalized spacial score (nSPS) is 16.0. The van der Waals surface area contributed by atoms with Crippen molar-refractivity contribution in [3.63, 3.8) is 0 Å². The number of hydrogen-bond acceptors (Lipinski definition) is 1. The fraction of sp³-hybridized carbons (Fsp3) is 0.188. The first-order valence-electron chi connectivity index (χ1n) is 6.01. The monoisotopic (exact) mass is 253 g/mol. The zero-order valence-electron chi connectivity index (χ0n) is 9.86. The van der Waals surface area contributed by atoms with Gasteiger partial charge in [-0.05, 0) is 41.7 Å². The van der Waals surface area contributed by atoms with E-state index in [1.165, 1.54) is 0 Å². The molecule has 0 aromatic heterocycles. The summed E-state index contributed by atoms with van der Waals surface area (Å²) in [6, 6.07) is 18.5. The van der Waals surface area contributed by atoms with Gasteiger partial charge in [-0.2, -0.15) is 5.26 Å². The number of nitrogens with zero attached hydrogens (tertiary/aromatic N) is 1. The first kappa shape index (κ1) is 11.3. The Balaban J connectivity index is 1.92. The minimum absolute atomic E-state index is 0.196. The summed E-state index contributed by atoms with van der Waals surface area (Å²) in [5, 5.41) is 9.91. The van der Waals surface area contributed by atoms with E-state index in [9.17, 15) is 0 Å². The molecule has 0 amide bonds. The molecule has 2 aromatic carbocycles. The molecule has 88 valence electrons. The van der Waals surface area contributed by atoms with Gasteiger partial charge in [0.15, 0.2) is 0 Å². The van der Waals surface area contributed by atoms with Crippen LogP contribution in [0.15, 0.2) is 48.5 Å². The summed E-state index contributed by atoms with van der Waals surface area (Å²) in [6.45, 7) is 0. The van der Waals surface area contributed by atoms with E-state index in [1.54, 1.807) is 0 Å². The van der Waals surface area contributed by atoms with Crippen molar-refractivity contribution in [2.45, 2.75) is 18.3 Å². The molecule has 0 saturated heterocycles. The predicted octanol–water partition coefficient (Wildman–Crippen LogP) is 4.56. The van der Waals surface area contributed by atoms with Crippen LogP contribution in [0.2, 0.25) is 5.02 Å². The van der Waals surface area contributed by atoms with E-state index in [0.29, 0.717) is 0 Å². The molecule has 3 rings (SSSR count). The highest BCUT2D eigenvalue weighted by Crippen LogP contribution is 2.47.